The van der Waals surface area contributed by atoms with E-state index in [9.17, 15) is 8.42 Å². The van der Waals surface area contributed by atoms with Crippen LogP contribution in [0.1, 0.15) is 11.1 Å². The normalized spacial score (nSPS) is 16.5. The molecule has 0 atom stereocenters. The van der Waals surface area contributed by atoms with E-state index in [-0.39, 0.29) is 0 Å². The lowest BCUT2D eigenvalue weighted by atomic mass is 10.2. The number of quaternary nitrogens is 1. The summed E-state index contributed by atoms with van der Waals surface area (Å²) >= 11 is 0. The number of rotatable bonds is 6. The lowest BCUT2D eigenvalue weighted by Crippen LogP contribution is -3.15. The number of aryl methyl sites for hydroxylation is 2. The van der Waals surface area contributed by atoms with E-state index < -0.39 is 10.0 Å². The zero-order chi connectivity index (χ0) is 18.6. The zero-order valence-electron chi connectivity index (χ0n) is 15.4. The number of hydrogen-bond acceptors (Lipinski definition) is 3. The second-order valence-electron chi connectivity index (χ2n) is 6.88. The molecule has 1 aliphatic heterocycles. The van der Waals surface area contributed by atoms with Crippen molar-refractivity contribution in [3.8, 4) is 5.75 Å². The zero-order valence-corrected chi connectivity index (χ0v) is 16.3. The molecule has 0 aliphatic carbocycles. The summed E-state index contributed by atoms with van der Waals surface area (Å²) in [6, 6.07) is 15.1. The third kappa shape index (κ3) is 4.63. The molecule has 0 bridgehead atoms. The summed E-state index contributed by atoms with van der Waals surface area (Å²) < 4.78 is 32.8. The fourth-order valence-corrected chi connectivity index (χ4v) is 4.54. The second kappa shape index (κ2) is 8.20. The standard InChI is InChI=1S/C20H26N2O3S/c1-17-3-7-19(8-4-17)25-16-15-21-11-13-22(14-12-21)26(23,24)20-9-5-18(2)6-10-20/h3-10H,11-16H2,1-2H3/p+1. The highest BCUT2D eigenvalue weighted by atomic mass is 32.2. The second-order valence-corrected chi connectivity index (χ2v) is 8.82. The van der Waals surface area contributed by atoms with Gasteiger partial charge in [-0.05, 0) is 38.1 Å². The van der Waals surface area contributed by atoms with Gasteiger partial charge in [-0.25, -0.2) is 8.42 Å². The Bertz CT molecular complexity index is 809. The van der Waals surface area contributed by atoms with Gasteiger partial charge >= 0.3 is 0 Å². The highest BCUT2D eigenvalue weighted by Gasteiger charge is 2.30. The molecule has 26 heavy (non-hydrogen) atoms. The Balaban J connectivity index is 1.47. The molecule has 3 rings (SSSR count). The van der Waals surface area contributed by atoms with E-state index in [4.69, 9.17) is 4.74 Å². The van der Waals surface area contributed by atoms with Crippen molar-refractivity contribution in [2.75, 3.05) is 39.3 Å². The molecule has 1 heterocycles. The number of sulfonamides is 1. The predicted molar refractivity (Wildman–Crippen MR) is 102 cm³/mol. The molecule has 1 aliphatic rings. The van der Waals surface area contributed by atoms with Crippen LogP contribution in [0.2, 0.25) is 0 Å². The lowest BCUT2D eigenvalue weighted by Gasteiger charge is -2.31. The Labute approximate surface area is 156 Å². The minimum Gasteiger partial charge on any atom is -0.488 e. The molecule has 6 heteroatoms. The van der Waals surface area contributed by atoms with Gasteiger partial charge in [-0.15, -0.1) is 0 Å². The average molecular weight is 376 g/mol. The van der Waals surface area contributed by atoms with Crippen molar-refractivity contribution < 1.29 is 18.1 Å². The van der Waals surface area contributed by atoms with Crippen LogP contribution in [-0.2, 0) is 10.0 Å². The Kier molecular flexibility index (Phi) is 5.96. The minimum absolute atomic E-state index is 0.384. The van der Waals surface area contributed by atoms with E-state index >= 15 is 0 Å². The molecule has 2 aromatic carbocycles. The molecule has 1 saturated heterocycles. The summed E-state index contributed by atoms with van der Waals surface area (Å²) in [5.41, 5.74) is 2.28. The number of piperazine rings is 1. The molecule has 2 aromatic rings. The first-order valence-electron chi connectivity index (χ1n) is 9.05. The molecule has 0 aromatic heterocycles. The van der Waals surface area contributed by atoms with Crippen molar-refractivity contribution in [1.29, 1.82) is 0 Å². The highest BCUT2D eigenvalue weighted by molar-refractivity contribution is 7.89. The quantitative estimate of drug-likeness (QED) is 0.827. The van der Waals surface area contributed by atoms with Crippen LogP contribution in [0.25, 0.3) is 0 Å². The van der Waals surface area contributed by atoms with E-state index in [1.54, 1.807) is 16.4 Å². The van der Waals surface area contributed by atoms with Gasteiger partial charge in [-0.1, -0.05) is 35.4 Å². The first-order chi connectivity index (χ1) is 12.4. The molecule has 0 radical (unpaired) electrons. The highest BCUT2D eigenvalue weighted by Crippen LogP contribution is 2.16. The van der Waals surface area contributed by atoms with Crippen LogP contribution < -0.4 is 9.64 Å². The van der Waals surface area contributed by atoms with Crippen molar-refractivity contribution in [2.24, 2.45) is 0 Å². The van der Waals surface area contributed by atoms with Crippen LogP contribution in [0.4, 0.5) is 0 Å². The smallest absolute Gasteiger partial charge is 0.243 e. The molecule has 1 N–H and O–H groups in total. The monoisotopic (exact) mass is 375 g/mol. The third-order valence-electron chi connectivity index (χ3n) is 4.83. The average Bonchev–Trinajstić information content (AvgIpc) is 2.64. The fourth-order valence-electron chi connectivity index (χ4n) is 3.10. The van der Waals surface area contributed by atoms with Crippen LogP contribution in [0.15, 0.2) is 53.4 Å². The van der Waals surface area contributed by atoms with E-state index in [2.05, 4.69) is 6.92 Å². The molecule has 0 unspecified atom stereocenters. The summed E-state index contributed by atoms with van der Waals surface area (Å²) in [7, 11) is -3.38. The summed E-state index contributed by atoms with van der Waals surface area (Å²) in [5.74, 6) is 0.885. The van der Waals surface area contributed by atoms with E-state index in [1.165, 1.54) is 10.5 Å². The Hall–Kier alpha value is -1.89. The van der Waals surface area contributed by atoms with E-state index in [0.717, 1.165) is 30.9 Å². The van der Waals surface area contributed by atoms with Gasteiger partial charge in [0.15, 0.2) is 0 Å². The van der Waals surface area contributed by atoms with Crippen molar-refractivity contribution in [2.45, 2.75) is 18.7 Å². The molecule has 1 fully saturated rings. The van der Waals surface area contributed by atoms with Crippen molar-refractivity contribution in [1.82, 2.24) is 4.31 Å². The summed E-state index contributed by atoms with van der Waals surface area (Å²) in [4.78, 5) is 1.77. The maximum absolute atomic E-state index is 12.7. The van der Waals surface area contributed by atoms with Gasteiger partial charge in [-0.2, -0.15) is 4.31 Å². The van der Waals surface area contributed by atoms with Gasteiger partial charge in [0.25, 0.3) is 0 Å². The van der Waals surface area contributed by atoms with Crippen molar-refractivity contribution in [3.05, 3.63) is 59.7 Å². The summed E-state index contributed by atoms with van der Waals surface area (Å²) in [5, 5.41) is 0. The number of hydrogen-bond donors (Lipinski definition) is 1. The Morgan fingerprint density at radius 3 is 2.04 bits per heavy atom. The largest absolute Gasteiger partial charge is 0.488 e. The Morgan fingerprint density at radius 2 is 1.46 bits per heavy atom. The third-order valence-corrected chi connectivity index (χ3v) is 6.75. The van der Waals surface area contributed by atoms with Gasteiger partial charge in [-0.3, -0.25) is 0 Å². The minimum atomic E-state index is -3.38. The van der Waals surface area contributed by atoms with Gasteiger partial charge in [0.05, 0.1) is 31.1 Å². The Morgan fingerprint density at radius 1 is 0.923 bits per heavy atom. The molecular weight excluding hydrogens is 348 g/mol. The number of nitrogens with zero attached hydrogens (tertiary/aromatic N) is 1. The number of benzene rings is 2. The first kappa shape index (κ1) is 18.9. The van der Waals surface area contributed by atoms with Gasteiger partial charge < -0.3 is 9.64 Å². The summed E-state index contributed by atoms with van der Waals surface area (Å²) in [6.45, 7) is 8.25. The van der Waals surface area contributed by atoms with E-state index in [1.807, 2.05) is 43.3 Å². The lowest BCUT2D eigenvalue weighted by molar-refractivity contribution is -0.903. The van der Waals surface area contributed by atoms with Gasteiger partial charge in [0.1, 0.15) is 18.9 Å². The first-order valence-corrected chi connectivity index (χ1v) is 10.5. The topological polar surface area (TPSA) is 51.1 Å². The van der Waals surface area contributed by atoms with Crippen molar-refractivity contribution in [3.63, 3.8) is 0 Å². The van der Waals surface area contributed by atoms with Crippen molar-refractivity contribution >= 4 is 10.0 Å². The van der Waals surface area contributed by atoms with Crippen LogP contribution in [0.3, 0.4) is 0 Å². The molecule has 0 spiro atoms. The van der Waals surface area contributed by atoms with Crippen LogP contribution in [0.5, 0.6) is 5.75 Å². The predicted octanol–water partition coefficient (Wildman–Crippen LogP) is 1.27. The summed E-state index contributed by atoms with van der Waals surface area (Å²) in [6.07, 6.45) is 0. The molecule has 0 amide bonds. The fraction of sp³-hybridized carbons (Fsp3) is 0.400. The molecule has 5 nitrogen and oxygen atoms in total. The number of ether oxygens (including phenoxy) is 1. The van der Waals surface area contributed by atoms with Crippen LogP contribution >= 0.6 is 0 Å². The van der Waals surface area contributed by atoms with Gasteiger partial charge in [0, 0.05) is 0 Å². The maximum atomic E-state index is 12.7. The van der Waals surface area contributed by atoms with Crippen LogP contribution in [-0.4, -0.2) is 52.1 Å². The SMILES string of the molecule is Cc1ccc(OCC[NH+]2CCN(S(=O)(=O)c3ccc(C)cc3)CC2)cc1. The van der Waals surface area contributed by atoms with Crippen LogP contribution in [0, 0.1) is 13.8 Å². The number of nitrogens with one attached hydrogen (secondary N) is 1. The maximum Gasteiger partial charge on any atom is 0.243 e. The molecule has 0 saturated carbocycles. The van der Waals surface area contributed by atoms with Gasteiger partial charge in [0.2, 0.25) is 10.0 Å². The molecular formula is C20H27N2O3S+. The van der Waals surface area contributed by atoms with E-state index in [0.29, 0.717) is 24.6 Å². The molecule has 140 valence electrons.